The zero-order valence-corrected chi connectivity index (χ0v) is 10.4. The summed E-state index contributed by atoms with van der Waals surface area (Å²) in [6.45, 7) is 4.31. The van der Waals surface area contributed by atoms with Crippen LogP contribution in [0.5, 0.6) is 0 Å². The van der Waals surface area contributed by atoms with E-state index in [1.807, 2.05) is 18.3 Å². The highest BCUT2D eigenvalue weighted by molar-refractivity contribution is 6.21. The number of benzene rings is 1. The van der Waals surface area contributed by atoms with Crippen molar-refractivity contribution in [2.24, 2.45) is 0 Å². The topological polar surface area (TPSA) is 12.9 Å². The van der Waals surface area contributed by atoms with E-state index < -0.39 is 0 Å². The molecular formula is C14H16ClN. The fraction of sp³-hybridized carbons (Fsp3) is 0.357. The predicted octanol–water partition coefficient (Wildman–Crippen LogP) is 4.36. The molecule has 2 heteroatoms. The molecule has 0 aliphatic rings. The first kappa shape index (κ1) is 11.4. The fourth-order valence-corrected chi connectivity index (χ4v) is 2.20. The average Bonchev–Trinajstić information content (AvgIpc) is 2.36. The number of halogens is 1. The van der Waals surface area contributed by atoms with E-state index in [2.05, 4.69) is 37.0 Å². The van der Waals surface area contributed by atoms with E-state index in [1.54, 1.807) is 0 Å². The van der Waals surface area contributed by atoms with Gasteiger partial charge in [0, 0.05) is 17.0 Å². The summed E-state index contributed by atoms with van der Waals surface area (Å²) in [6.07, 6.45) is 2.85. The van der Waals surface area contributed by atoms with Gasteiger partial charge in [0.15, 0.2) is 0 Å². The summed E-state index contributed by atoms with van der Waals surface area (Å²) in [7, 11) is 0. The number of rotatable bonds is 3. The molecule has 0 aliphatic heterocycles. The van der Waals surface area contributed by atoms with Crippen LogP contribution in [0.15, 0.2) is 36.5 Å². The molecule has 2 rings (SSSR count). The van der Waals surface area contributed by atoms with Gasteiger partial charge in [-0.3, -0.25) is 4.98 Å². The van der Waals surface area contributed by atoms with Gasteiger partial charge in [0.1, 0.15) is 0 Å². The Morgan fingerprint density at radius 1 is 1.25 bits per heavy atom. The molecule has 0 aliphatic carbocycles. The van der Waals surface area contributed by atoms with E-state index >= 15 is 0 Å². The monoisotopic (exact) mass is 233 g/mol. The average molecular weight is 234 g/mol. The van der Waals surface area contributed by atoms with Crippen LogP contribution in [0.2, 0.25) is 0 Å². The van der Waals surface area contributed by atoms with E-state index in [0.717, 1.165) is 11.9 Å². The van der Waals surface area contributed by atoms with Gasteiger partial charge >= 0.3 is 0 Å². The number of alkyl halides is 1. The van der Waals surface area contributed by atoms with Gasteiger partial charge < -0.3 is 0 Å². The van der Waals surface area contributed by atoms with Crippen molar-refractivity contribution >= 4 is 22.5 Å². The molecule has 1 aromatic carbocycles. The number of hydrogen-bond donors (Lipinski definition) is 0. The van der Waals surface area contributed by atoms with Crippen LogP contribution in [0, 0.1) is 0 Å². The quantitative estimate of drug-likeness (QED) is 0.718. The van der Waals surface area contributed by atoms with Crippen molar-refractivity contribution in [3.63, 3.8) is 0 Å². The Morgan fingerprint density at radius 3 is 2.75 bits per heavy atom. The molecule has 0 saturated heterocycles. The second-order valence-corrected chi connectivity index (χ2v) is 4.69. The van der Waals surface area contributed by atoms with E-state index in [0.29, 0.717) is 5.92 Å². The van der Waals surface area contributed by atoms with Gasteiger partial charge in [-0.2, -0.15) is 0 Å². The lowest BCUT2D eigenvalue weighted by Gasteiger charge is -2.18. The summed E-state index contributed by atoms with van der Waals surface area (Å²) in [4.78, 5) is 4.37. The summed E-state index contributed by atoms with van der Waals surface area (Å²) in [5.41, 5.74) is 2.35. The Labute approximate surface area is 101 Å². The Morgan fingerprint density at radius 2 is 2.00 bits per heavy atom. The lowest BCUT2D eigenvalue weighted by Crippen LogP contribution is -2.08. The highest BCUT2D eigenvalue weighted by Crippen LogP contribution is 2.30. The van der Waals surface area contributed by atoms with Crippen LogP contribution in [-0.4, -0.2) is 10.4 Å². The predicted molar refractivity (Wildman–Crippen MR) is 70.1 cm³/mol. The van der Waals surface area contributed by atoms with E-state index in [4.69, 9.17) is 11.6 Å². The zero-order valence-electron chi connectivity index (χ0n) is 9.65. The molecule has 0 fully saturated rings. The number of aromatic nitrogens is 1. The molecule has 16 heavy (non-hydrogen) atoms. The molecule has 1 heterocycles. The maximum atomic E-state index is 6.33. The number of nitrogens with zero attached hydrogens (tertiary/aromatic N) is 1. The molecule has 0 radical (unpaired) electrons. The number of para-hydroxylation sites is 1. The van der Waals surface area contributed by atoms with Crippen molar-refractivity contribution in [2.45, 2.75) is 31.6 Å². The van der Waals surface area contributed by atoms with Crippen molar-refractivity contribution in [2.75, 3.05) is 0 Å². The van der Waals surface area contributed by atoms with Crippen LogP contribution >= 0.6 is 11.6 Å². The highest BCUT2D eigenvalue weighted by atomic mass is 35.5. The molecule has 1 nitrogen and oxygen atoms in total. The third kappa shape index (κ3) is 2.05. The first-order chi connectivity index (χ1) is 7.74. The number of hydrogen-bond acceptors (Lipinski definition) is 1. The Kier molecular flexibility index (Phi) is 3.45. The van der Waals surface area contributed by atoms with Gasteiger partial charge in [0.25, 0.3) is 0 Å². The third-order valence-electron chi connectivity index (χ3n) is 3.11. The van der Waals surface area contributed by atoms with Crippen molar-refractivity contribution in [1.29, 1.82) is 0 Å². The third-order valence-corrected chi connectivity index (χ3v) is 3.79. The van der Waals surface area contributed by atoms with Crippen LogP contribution in [0.1, 0.15) is 31.7 Å². The van der Waals surface area contributed by atoms with E-state index in [1.165, 1.54) is 10.9 Å². The van der Waals surface area contributed by atoms with Crippen molar-refractivity contribution in [3.05, 3.63) is 42.1 Å². The first-order valence-electron chi connectivity index (χ1n) is 5.71. The summed E-state index contributed by atoms with van der Waals surface area (Å²) in [6, 6.07) is 10.3. The lowest BCUT2D eigenvalue weighted by atomic mass is 9.93. The highest BCUT2D eigenvalue weighted by Gasteiger charge is 2.16. The van der Waals surface area contributed by atoms with Crippen LogP contribution < -0.4 is 0 Å². The smallest absolute Gasteiger partial charge is 0.0704 e. The van der Waals surface area contributed by atoms with E-state index in [9.17, 15) is 0 Å². The van der Waals surface area contributed by atoms with Crippen molar-refractivity contribution in [1.82, 2.24) is 4.98 Å². The molecule has 0 N–H and O–H groups in total. The molecule has 0 saturated carbocycles. The number of pyridine rings is 1. The Hall–Kier alpha value is -1.08. The molecule has 1 aromatic heterocycles. The van der Waals surface area contributed by atoms with Gasteiger partial charge in [-0.1, -0.05) is 32.0 Å². The largest absolute Gasteiger partial charge is 0.256 e. The number of fused-ring (bicyclic) bond motifs is 1. The normalized spacial score (nSPS) is 14.9. The van der Waals surface area contributed by atoms with Crippen molar-refractivity contribution in [3.8, 4) is 0 Å². The Balaban J connectivity index is 2.52. The summed E-state index contributed by atoms with van der Waals surface area (Å²) < 4.78 is 0. The second-order valence-electron chi connectivity index (χ2n) is 4.13. The SMILES string of the molecule is CCC(Cl)C(C)c1ccnc2ccccc12. The summed E-state index contributed by atoms with van der Waals surface area (Å²) >= 11 is 6.33. The summed E-state index contributed by atoms with van der Waals surface area (Å²) in [5.74, 6) is 0.361. The molecular weight excluding hydrogens is 218 g/mol. The van der Waals surface area contributed by atoms with Crippen LogP contribution in [0.3, 0.4) is 0 Å². The van der Waals surface area contributed by atoms with Crippen molar-refractivity contribution < 1.29 is 0 Å². The van der Waals surface area contributed by atoms with Gasteiger partial charge in [0.2, 0.25) is 0 Å². The minimum absolute atomic E-state index is 0.186. The minimum Gasteiger partial charge on any atom is -0.256 e. The van der Waals surface area contributed by atoms with Gasteiger partial charge in [0.05, 0.1) is 5.52 Å². The van der Waals surface area contributed by atoms with Gasteiger partial charge in [-0.05, 0) is 30.0 Å². The molecule has 2 aromatic rings. The maximum Gasteiger partial charge on any atom is 0.0704 e. The van der Waals surface area contributed by atoms with Crippen LogP contribution in [0.25, 0.3) is 10.9 Å². The van der Waals surface area contributed by atoms with E-state index in [-0.39, 0.29) is 5.38 Å². The summed E-state index contributed by atoms with van der Waals surface area (Å²) in [5, 5.41) is 1.41. The Bertz CT molecular complexity index is 476. The molecule has 2 atom stereocenters. The van der Waals surface area contributed by atoms with Gasteiger partial charge in [-0.25, -0.2) is 0 Å². The molecule has 0 bridgehead atoms. The second kappa shape index (κ2) is 4.84. The maximum absolute atomic E-state index is 6.33. The van der Waals surface area contributed by atoms with Crippen LogP contribution in [0.4, 0.5) is 0 Å². The van der Waals surface area contributed by atoms with Crippen LogP contribution in [-0.2, 0) is 0 Å². The molecule has 84 valence electrons. The standard InChI is InChI=1S/C14H16ClN/c1-3-13(15)10(2)11-8-9-16-14-7-5-4-6-12(11)14/h4-10,13H,3H2,1-2H3. The molecule has 2 unspecified atom stereocenters. The lowest BCUT2D eigenvalue weighted by molar-refractivity contribution is 0.678. The molecule has 0 spiro atoms. The minimum atomic E-state index is 0.186. The zero-order chi connectivity index (χ0) is 11.5. The van der Waals surface area contributed by atoms with Gasteiger partial charge in [-0.15, -0.1) is 11.6 Å². The fourth-order valence-electron chi connectivity index (χ4n) is 2.06. The molecule has 0 amide bonds. The first-order valence-corrected chi connectivity index (χ1v) is 6.15.